The van der Waals surface area contributed by atoms with Gasteiger partial charge in [0.2, 0.25) is 5.82 Å². The maximum Gasteiger partial charge on any atom is 0.272 e. The second-order valence-corrected chi connectivity index (χ2v) is 10.1. The molecule has 9 N–H and O–H groups in total. The Bertz CT molecular complexity index is 1610. The van der Waals surface area contributed by atoms with E-state index in [9.17, 15) is 9.90 Å². The van der Waals surface area contributed by atoms with Gasteiger partial charge in [-0.25, -0.2) is 9.97 Å². The first kappa shape index (κ1) is 30.6. The van der Waals surface area contributed by atoms with Gasteiger partial charge >= 0.3 is 0 Å². The number of rotatable bonds is 7. The Kier molecular flexibility index (Phi) is 9.61. The maximum absolute atomic E-state index is 12.6. The van der Waals surface area contributed by atoms with E-state index in [1.54, 1.807) is 49.1 Å². The summed E-state index contributed by atoms with van der Waals surface area (Å²) in [5.41, 5.74) is 22.1. The summed E-state index contributed by atoms with van der Waals surface area (Å²) in [5.74, 6) is 7.55. The van der Waals surface area contributed by atoms with Crippen LogP contribution in [-0.4, -0.2) is 75.4 Å². The van der Waals surface area contributed by atoms with E-state index < -0.39 is 0 Å². The Morgan fingerprint density at radius 2 is 1.88 bits per heavy atom. The summed E-state index contributed by atoms with van der Waals surface area (Å²) >= 11 is 0. The average Bonchev–Trinajstić information content (AvgIpc) is 3.14. The molecular weight excluding hydrogens is 546 g/mol. The minimum absolute atomic E-state index is 0.0806. The number of phenols is 1. The summed E-state index contributed by atoms with van der Waals surface area (Å²) < 4.78 is 1.68. The van der Waals surface area contributed by atoms with Crippen LogP contribution in [0.2, 0.25) is 0 Å². The molecule has 3 heterocycles. The van der Waals surface area contributed by atoms with E-state index in [1.165, 1.54) is 0 Å². The minimum atomic E-state index is -0.279. The summed E-state index contributed by atoms with van der Waals surface area (Å²) in [6.07, 6.45) is 2.51. The van der Waals surface area contributed by atoms with Crippen LogP contribution in [0.1, 0.15) is 39.6 Å². The molecule has 3 aromatic rings. The fourth-order valence-corrected chi connectivity index (χ4v) is 4.73. The largest absolute Gasteiger partial charge is 0.507 e. The average molecular weight is 586 g/mol. The van der Waals surface area contributed by atoms with Crippen molar-refractivity contribution in [1.82, 2.24) is 30.0 Å². The maximum atomic E-state index is 12.6. The third kappa shape index (κ3) is 7.28. The number of hydrogen-bond donors (Lipinski definition) is 6. The summed E-state index contributed by atoms with van der Waals surface area (Å²) in [4.78, 5) is 25.9. The highest BCUT2D eigenvalue weighted by Crippen LogP contribution is 2.24. The first-order valence-electron chi connectivity index (χ1n) is 13.9. The highest BCUT2D eigenvalue weighted by molar-refractivity contribution is 5.94. The van der Waals surface area contributed by atoms with Gasteiger partial charge in [0.25, 0.3) is 5.91 Å². The molecular formula is C30H39N11O2. The lowest BCUT2D eigenvalue weighted by Crippen LogP contribution is -2.33. The first-order valence-corrected chi connectivity index (χ1v) is 13.9. The SMILES string of the molecule is CNc1cc(N2CCCN(C(/C=C(\N)c3ccccc3O)=C(N)N)CC2)nc(C#CCNC(=O)c2nn(C)c(C)c2C)n1. The van der Waals surface area contributed by atoms with Crippen molar-refractivity contribution in [3.05, 3.63) is 76.3 Å². The van der Waals surface area contributed by atoms with Crippen LogP contribution in [0.4, 0.5) is 11.6 Å². The van der Waals surface area contributed by atoms with Crippen molar-refractivity contribution in [1.29, 1.82) is 0 Å². The number of hydrogen-bond acceptors (Lipinski definition) is 11. The quantitative estimate of drug-likeness (QED) is 0.171. The van der Waals surface area contributed by atoms with E-state index in [4.69, 9.17) is 17.2 Å². The normalized spacial score (nSPS) is 13.5. The smallest absolute Gasteiger partial charge is 0.272 e. The summed E-state index contributed by atoms with van der Waals surface area (Å²) in [6, 6.07) is 8.72. The molecule has 0 saturated carbocycles. The molecule has 4 rings (SSSR count). The third-order valence-corrected chi connectivity index (χ3v) is 7.32. The zero-order valence-electron chi connectivity index (χ0n) is 25.0. The van der Waals surface area contributed by atoms with Crippen molar-refractivity contribution in [3.8, 4) is 17.6 Å². The molecule has 0 unspecified atom stereocenters. The van der Waals surface area contributed by atoms with E-state index >= 15 is 0 Å². The number of benzene rings is 1. The number of carbonyl (C=O) groups excluding carboxylic acids is 1. The summed E-state index contributed by atoms with van der Waals surface area (Å²) in [5, 5.41) is 20.3. The standard InChI is InChI=1S/C30H39N11O2/c1-19-20(2)39(4)38-28(19)30(43)35-12-7-11-25-36-26(34-3)18-27(37-25)41-14-8-13-40(15-16-41)23(29(32)33)17-22(31)21-9-5-6-10-24(21)42/h5-6,9-10,17-18,42H,8,12-16,31-33H2,1-4H3,(H,35,43)(H,34,36,37)/b22-17-. The number of amides is 1. The molecule has 1 aromatic carbocycles. The van der Waals surface area contributed by atoms with Gasteiger partial charge in [-0.2, -0.15) is 5.10 Å². The molecule has 1 amide bonds. The van der Waals surface area contributed by atoms with Crippen molar-refractivity contribution in [3.63, 3.8) is 0 Å². The fraction of sp³-hybridized carbons (Fsp3) is 0.333. The van der Waals surface area contributed by atoms with Crippen LogP contribution in [-0.2, 0) is 7.05 Å². The minimum Gasteiger partial charge on any atom is -0.507 e. The molecule has 13 nitrogen and oxygen atoms in total. The second kappa shape index (κ2) is 13.5. The molecule has 0 radical (unpaired) electrons. The Morgan fingerprint density at radius 3 is 2.56 bits per heavy atom. The lowest BCUT2D eigenvalue weighted by Gasteiger charge is -2.26. The summed E-state index contributed by atoms with van der Waals surface area (Å²) in [7, 11) is 3.59. The third-order valence-electron chi connectivity index (χ3n) is 7.32. The second-order valence-electron chi connectivity index (χ2n) is 10.1. The lowest BCUT2D eigenvalue weighted by atomic mass is 10.1. The van der Waals surface area contributed by atoms with Gasteiger partial charge in [0.1, 0.15) is 23.2 Å². The van der Waals surface area contributed by atoms with Crippen LogP contribution >= 0.6 is 0 Å². The first-order chi connectivity index (χ1) is 20.6. The molecule has 1 saturated heterocycles. The number of aromatic nitrogens is 4. The topological polar surface area (TPSA) is 190 Å². The number of aromatic hydroxyl groups is 1. The number of aryl methyl sites for hydroxylation is 1. The number of anilines is 2. The Morgan fingerprint density at radius 1 is 1.12 bits per heavy atom. The molecule has 43 heavy (non-hydrogen) atoms. The molecule has 1 aliphatic rings. The lowest BCUT2D eigenvalue weighted by molar-refractivity contribution is 0.0952. The number of nitrogens with one attached hydrogen (secondary N) is 2. The Labute approximate surface area is 251 Å². The number of para-hydroxylation sites is 1. The van der Waals surface area contributed by atoms with Gasteiger partial charge in [0, 0.05) is 68.9 Å². The number of nitrogens with zero attached hydrogens (tertiary/aromatic N) is 6. The zero-order chi connectivity index (χ0) is 31.1. The molecule has 226 valence electrons. The van der Waals surface area contributed by atoms with E-state index in [2.05, 4.69) is 47.3 Å². The predicted octanol–water partition coefficient (Wildman–Crippen LogP) is 0.954. The fourth-order valence-electron chi connectivity index (χ4n) is 4.73. The Hall–Kier alpha value is -5.38. The van der Waals surface area contributed by atoms with E-state index in [0.717, 1.165) is 30.0 Å². The van der Waals surface area contributed by atoms with Crippen molar-refractivity contribution in [2.45, 2.75) is 20.3 Å². The van der Waals surface area contributed by atoms with E-state index in [0.29, 0.717) is 53.9 Å². The molecule has 0 atom stereocenters. The van der Waals surface area contributed by atoms with Gasteiger partial charge < -0.3 is 42.7 Å². The van der Waals surface area contributed by atoms with Crippen LogP contribution in [0.3, 0.4) is 0 Å². The number of allylic oxidation sites excluding steroid dienone is 1. The van der Waals surface area contributed by atoms with Crippen molar-refractivity contribution < 1.29 is 9.90 Å². The van der Waals surface area contributed by atoms with Gasteiger partial charge in [-0.1, -0.05) is 18.1 Å². The number of carbonyl (C=O) groups is 1. The van der Waals surface area contributed by atoms with Gasteiger partial charge in [-0.3, -0.25) is 9.48 Å². The van der Waals surface area contributed by atoms with E-state index in [-0.39, 0.29) is 24.0 Å². The van der Waals surface area contributed by atoms with E-state index in [1.807, 2.05) is 19.9 Å². The highest BCUT2D eigenvalue weighted by Gasteiger charge is 2.20. The molecule has 0 spiro atoms. The number of phenolic OH excluding ortho intramolecular Hbond substituents is 1. The molecule has 0 bridgehead atoms. The van der Waals surface area contributed by atoms with Crippen molar-refractivity contribution >= 4 is 23.2 Å². The molecule has 1 aliphatic heterocycles. The number of nitrogens with two attached hydrogens (primary N) is 3. The molecule has 0 aliphatic carbocycles. The van der Waals surface area contributed by atoms with Crippen LogP contribution in [0, 0.1) is 25.7 Å². The van der Waals surface area contributed by atoms with Crippen molar-refractivity contribution in [2.75, 3.05) is 50.0 Å². The van der Waals surface area contributed by atoms with Crippen LogP contribution in [0.5, 0.6) is 5.75 Å². The van der Waals surface area contributed by atoms with Crippen molar-refractivity contribution in [2.24, 2.45) is 24.2 Å². The van der Waals surface area contributed by atoms with Crippen LogP contribution < -0.4 is 32.7 Å². The van der Waals surface area contributed by atoms with Crippen LogP contribution in [0.15, 0.2) is 47.9 Å². The Balaban J connectivity index is 1.46. The molecule has 2 aromatic heterocycles. The molecule has 1 fully saturated rings. The van der Waals surface area contributed by atoms with Gasteiger partial charge in [-0.05, 0) is 44.4 Å². The predicted molar refractivity (Wildman–Crippen MR) is 168 cm³/mol. The summed E-state index contributed by atoms with van der Waals surface area (Å²) in [6.45, 7) is 6.58. The highest BCUT2D eigenvalue weighted by atomic mass is 16.3. The van der Waals surface area contributed by atoms with Crippen LogP contribution in [0.25, 0.3) is 5.70 Å². The van der Waals surface area contributed by atoms with Gasteiger partial charge in [-0.15, -0.1) is 0 Å². The molecule has 13 heteroatoms. The zero-order valence-corrected chi connectivity index (χ0v) is 25.0. The van der Waals surface area contributed by atoms with Gasteiger partial charge in [0.15, 0.2) is 5.69 Å². The van der Waals surface area contributed by atoms with Gasteiger partial charge in [0.05, 0.1) is 12.2 Å². The monoisotopic (exact) mass is 585 g/mol.